The Morgan fingerprint density at radius 3 is 2.78 bits per heavy atom. The second-order valence-electron chi connectivity index (χ2n) is 7.63. The number of benzene rings is 1. The Morgan fingerprint density at radius 2 is 2.04 bits per heavy atom. The summed E-state index contributed by atoms with van der Waals surface area (Å²) in [6, 6.07) is 7.10. The maximum absolute atomic E-state index is 12.5. The van der Waals surface area contributed by atoms with Crippen LogP contribution in [0.2, 0.25) is 5.02 Å². The van der Waals surface area contributed by atoms with Gasteiger partial charge in [-0.25, -0.2) is 8.42 Å². The zero-order chi connectivity index (χ0) is 19.0. The molecule has 1 amide bonds. The lowest BCUT2D eigenvalue weighted by Crippen LogP contribution is -2.37. The largest absolute Gasteiger partial charge is 0.316 e. The van der Waals surface area contributed by atoms with Gasteiger partial charge in [-0.15, -0.1) is 0 Å². The topological polar surface area (TPSA) is 66.8 Å². The van der Waals surface area contributed by atoms with Gasteiger partial charge in [0.15, 0.2) is 15.0 Å². The minimum absolute atomic E-state index is 0.0876. The van der Waals surface area contributed by atoms with Crippen molar-refractivity contribution in [3.8, 4) is 0 Å². The molecule has 27 heavy (non-hydrogen) atoms. The zero-order valence-electron chi connectivity index (χ0n) is 15.0. The maximum atomic E-state index is 12.5. The summed E-state index contributed by atoms with van der Waals surface area (Å²) in [7, 11) is -3.07. The SMILES string of the molecule is O=C(CCC1CCCC1)N=C1S[C@@H]2CS(=O)(=O)C[C@H]2N1c1cccc(Cl)c1. The molecule has 0 radical (unpaired) electrons. The molecule has 2 aliphatic heterocycles. The number of thioether (sulfide) groups is 1. The first-order valence-electron chi connectivity index (χ1n) is 9.45. The fraction of sp³-hybridized carbons (Fsp3) is 0.579. The van der Waals surface area contributed by atoms with Gasteiger partial charge in [0.05, 0.1) is 17.5 Å². The Bertz CT molecular complexity index is 865. The van der Waals surface area contributed by atoms with Gasteiger partial charge in [-0.1, -0.05) is 55.1 Å². The van der Waals surface area contributed by atoms with E-state index < -0.39 is 9.84 Å². The van der Waals surface area contributed by atoms with E-state index in [1.807, 2.05) is 17.0 Å². The third kappa shape index (κ3) is 4.35. The van der Waals surface area contributed by atoms with Crippen molar-refractivity contribution >= 4 is 50.0 Å². The lowest BCUT2D eigenvalue weighted by Gasteiger charge is -2.24. The van der Waals surface area contributed by atoms with Gasteiger partial charge in [-0.2, -0.15) is 4.99 Å². The Hall–Kier alpha value is -1.05. The van der Waals surface area contributed by atoms with Crippen LogP contribution in [-0.4, -0.2) is 42.3 Å². The number of amidine groups is 1. The molecule has 1 saturated carbocycles. The average Bonchev–Trinajstić information content (AvgIpc) is 3.27. The van der Waals surface area contributed by atoms with Gasteiger partial charge in [0, 0.05) is 22.4 Å². The van der Waals surface area contributed by atoms with E-state index >= 15 is 0 Å². The first kappa shape index (κ1) is 19.3. The molecule has 4 rings (SSSR count). The molecule has 0 aromatic heterocycles. The molecule has 0 bridgehead atoms. The van der Waals surface area contributed by atoms with Crippen LogP contribution >= 0.6 is 23.4 Å². The van der Waals surface area contributed by atoms with E-state index in [9.17, 15) is 13.2 Å². The van der Waals surface area contributed by atoms with Crippen LogP contribution in [0.25, 0.3) is 0 Å². The lowest BCUT2D eigenvalue weighted by atomic mass is 10.0. The van der Waals surface area contributed by atoms with E-state index in [1.54, 1.807) is 12.1 Å². The van der Waals surface area contributed by atoms with Crippen molar-refractivity contribution in [3.05, 3.63) is 29.3 Å². The average molecular weight is 427 g/mol. The molecule has 0 unspecified atom stereocenters. The summed E-state index contributed by atoms with van der Waals surface area (Å²) in [6.07, 6.45) is 6.34. The molecule has 2 heterocycles. The predicted molar refractivity (Wildman–Crippen MR) is 111 cm³/mol. The number of carbonyl (C=O) groups is 1. The number of nitrogens with zero attached hydrogens (tertiary/aromatic N) is 2. The Balaban J connectivity index is 1.55. The third-order valence-electron chi connectivity index (χ3n) is 5.61. The first-order chi connectivity index (χ1) is 12.9. The van der Waals surface area contributed by atoms with Crippen molar-refractivity contribution in [1.29, 1.82) is 0 Å². The van der Waals surface area contributed by atoms with E-state index in [0.29, 0.717) is 22.5 Å². The Morgan fingerprint density at radius 1 is 1.26 bits per heavy atom. The Labute approximate surface area is 169 Å². The van der Waals surface area contributed by atoms with Crippen LogP contribution < -0.4 is 4.90 Å². The number of carbonyl (C=O) groups excluding carboxylic acids is 1. The lowest BCUT2D eigenvalue weighted by molar-refractivity contribution is -0.118. The summed E-state index contributed by atoms with van der Waals surface area (Å²) in [5.74, 6) is 0.763. The molecule has 2 saturated heterocycles. The van der Waals surface area contributed by atoms with E-state index in [4.69, 9.17) is 11.6 Å². The van der Waals surface area contributed by atoms with Crippen molar-refractivity contribution in [3.63, 3.8) is 0 Å². The fourth-order valence-corrected chi connectivity index (χ4v) is 8.40. The molecule has 146 valence electrons. The predicted octanol–water partition coefficient (Wildman–Crippen LogP) is 3.91. The normalized spacial score (nSPS) is 28.8. The Kier molecular flexibility index (Phi) is 5.54. The smallest absolute Gasteiger partial charge is 0.248 e. The van der Waals surface area contributed by atoms with Crippen molar-refractivity contribution in [2.45, 2.75) is 49.8 Å². The summed E-state index contributed by atoms with van der Waals surface area (Å²) in [4.78, 5) is 18.8. The van der Waals surface area contributed by atoms with E-state index in [1.165, 1.54) is 37.4 Å². The number of hydrogen-bond donors (Lipinski definition) is 0. The van der Waals surface area contributed by atoms with Crippen molar-refractivity contribution in [1.82, 2.24) is 0 Å². The third-order valence-corrected chi connectivity index (χ3v) is 9.06. The summed E-state index contributed by atoms with van der Waals surface area (Å²) >= 11 is 7.55. The number of sulfone groups is 1. The second kappa shape index (κ2) is 7.76. The van der Waals surface area contributed by atoms with Gasteiger partial charge in [0.2, 0.25) is 5.91 Å². The summed E-state index contributed by atoms with van der Waals surface area (Å²) < 4.78 is 24.2. The first-order valence-corrected chi connectivity index (χ1v) is 12.5. The molecule has 3 aliphatic rings. The number of halogens is 1. The molecule has 3 fully saturated rings. The van der Waals surface area contributed by atoms with Crippen LogP contribution in [0, 0.1) is 5.92 Å². The zero-order valence-corrected chi connectivity index (χ0v) is 17.4. The molecular weight excluding hydrogens is 404 g/mol. The van der Waals surface area contributed by atoms with Crippen LogP contribution in [0.15, 0.2) is 29.3 Å². The second-order valence-corrected chi connectivity index (χ2v) is 11.4. The van der Waals surface area contributed by atoms with Crippen LogP contribution in [0.3, 0.4) is 0 Å². The number of hydrogen-bond acceptors (Lipinski definition) is 4. The number of aliphatic imine (C=N–C) groups is 1. The maximum Gasteiger partial charge on any atom is 0.248 e. The van der Waals surface area contributed by atoms with Crippen LogP contribution in [0.1, 0.15) is 38.5 Å². The number of rotatable bonds is 4. The van der Waals surface area contributed by atoms with Crippen molar-refractivity contribution in [2.24, 2.45) is 10.9 Å². The van der Waals surface area contributed by atoms with Crippen LogP contribution in [0.4, 0.5) is 5.69 Å². The highest BCUT2D eigenvalue weighted by molar-refractivity contribution is 8.16. The van der Waals surface area contributed by atoms with E-state index in [2.05, 4.69) is 4.99 Å². The fourth-order valence-electron chi connectivity index (χ4n) is 4.28. The highest BCUT2D eigenvalue weighted by Gasteiger charge is 2.49. The highest BCUT2D eigenvalue weighted by atomic mass is 35.5. The molecule has 1 aliphatic carbocycles. The van der Waals surface area contributed by atoms with Gasteiger partial charge in [-0.05, 0) is 30.5 Å². The summed E-state index contributed by atoms with van der Waals surface area (Å²) in [5, 5.41) is 1.10. The number of anilines is 1. The monoisotopic (exact) mass is 426 g/mol. The molecular formula is C19H23ClN2O3S2. The van der Waals surface area contributed by atoms with Crippen molar-refractivity contribution in [2.75, 3.05) is 16.4 Å². The quantitative estimate of drug-likeness (QED) is 0.730. The van der Waals surface area contributed by atoms with Gasteiger partial charge < -0.3 is 4.90 Å². The van der Waals surface area contributed by atoms with Crippen LogP contribution in [-0.2, 0) is 14.6 Å². The molecule has 5 nitrogen and oxygen atoms in total. The van der Waals surface area contributed by atoms with Gasteiger partial charge in [0.25, 0.3) is 0 Å². The van der Waals surface area contributed by atoms with E-state index in [-0.39, 0.29) is 28.7 Å². The molecule has 0 spiro atoms. The van der Waals surface area contributed by atoms with Gasteiger partial charge in [-0.3, -0.25) is 4.79 Å². The highest BCUT2D eigenvalue weighted by Crippen LogP contribution is 2.41. The molecule has 1 aromatic carbocycles. The van der Waals surface area contributed by atoms with Crippen LogP contribution in [0.5, 0.6) is 0 Å². The van der Waals surface area contributed by atoms with Crippen molar-refractivity contribution < 1.29 is 13.2 Å². The molecule has 2 atom stereocenters. The summed E-state index contributed by atoms with van der Waals surface area (Å²) in [5.41, 5.74) is 0.793. The molecule has 1 aromatic rings. The number of fused-ring (bicyclic) bond motifs is 1. The standard InChI is InChI=1S/C19H23ClN2O3S2/c20-14-6-3-7-15(10-14)22-16-11-27(24,25)12-17(16)26-19(22)21-18(23)9-8-13-4-1-2-5-13/h3,6-7,10,13,16-17H,1-2,4-5,8-9,11-12H2/t16-,17-/m1/s1. The number of amides is 1. The minimum atomic E-state index is -3.07. The molecule has 8 heteroatoms. The minimum Gasteiger partial charge on any atom is -0.316 e. The molecule has 0 N–H and O–H groups in total. The van der Waals surface area contributed by atoms with Gasteiger partial charge in [0.1, 0.15) is 0 Å². The summed E-state index contributed by atoms with van der Waals surface area (Å²) in [6.45, 7) is 0. The van der Waals surface area contributed by atoms with E-state index in [0.717, 1.165) is 12.1 Å². The van der Waals surface area contributed by atoms with Gasteiger partial charge >= 0.3 is 0 Å².